The minimum Gasteiger partial charge on any atom is -0.312 e. The first-order valence-electron chi connectivity index (χ1n) is 6.75. The van der Waals surface area contributed by atoms with Crippen molar-refractivity contribution in [3.05, 3.63) is 40.4 Å². The fraction of sp³-hybridized carbons (Fsp3) is 0.429. The lowest BCUT2D eigenvalue weighted by Gasteiger charge is -2.13. The van der Waals surface area contributed by atoms with E-state index in [-0.39, 0.29) is 22.5 Å². The van der Waals surface area contributed by atoms with Crippen LogP contribution >= 0.6 is 0 Å². The van der Waals surface area contributed by atoms with E-state index >= 15 is 0 Å². The lowest BCUT2D eigenvalue weighted by atomic mass is 10.1. The molecular formula is C14H14F3N3O. The average Bonchev–Trinajstić information content (AvgIpc) is 2.93. The molecule has 0 radical (unpaired) electrons. The summed E-state index contributed by atoms with van der Waals surface area (Å²) in [6.07, 6.45) is -1.06. The molecule has 1 fully saturated rings. The summed E-state index contributed by atoms with van der Waals surface area (Å²) in [4.78, 5) is 16.3. The maximum atomic E-state index is 12.6. The van der Waals surface area contributed by atoms with E-state index in [1.165, 1.54) is 17.0 Å². The summed E-state index contributed by atoms with van der Waals surface area (Å²) < 4.78 is 39.4. The molecule has 0 amide bonds. The van der Waals surface area contributed by atoms with Gasteiger partial charge in [0.05, 0.1) is 22.8 Å². The van der Waals surface area contributed by atoms with Crippen LogP contribution in [0.3, 0.4) is 0 Å². The van der Waals surface area contributed by atoms with E-state index in [0.29, 0.717) is 6.54 Å². The second-order valence-electron chi connectivity index (χ2n) is 5.23. The van der Waals surface area contributed by atoms with Crippen molar-refractivity contribution in [1.29, 1.82) is 0 Å². The van der Waals surface area contributed by atoms with Crippen molar-refractivity contribution in [3.63, 3.8) is 0 Å². The van der Waals surface area contributed by atoms with Crippen molar-refractivity contribution < 1.29 is 13.2 Å². The summed E-state index contributed by atoms with van der Waals surface area (Å²) in [5, 5.41) is 3.48. The van der Waals surface area contributed by atoms with Gasteiger partial charge in [0.1, 0.15) is 0 Å². The molecule has 0 aliphatic carbocycles. The Morgan fingerprint density at radius 3 is 2.86 bits per heavy atom. The summed E-state index contributed by atoms with van der Waals surface area (Å²) in [6.45, 7) is 1.41. The fourth-order valence-electron chi connectivity index (χ4n) is 2.61. The molecule has 0 spiro atoms. The van der Waals surface area contributed by atoms with Crippen LogP contribution in [0.15, 0.2) is 29.3 Å². The van der Waals surface area contributed by atoms with Gasteiger partial charge in [-0.25, -0.2) is 4.98 Å². The molecule has 1 aromatic carbocycles. The minimum absolute atomic E-state index is 0.0745. The van der Waals surface area contributed by atoms with Gasteiger partial charge in [-0.3, -0.25) is 9.36 Å². The number of benzene rings is 1. The zero-order valence-electron chi connectivity index (χ0n) is 11.2. The molecular weight excluding hydrogens is 283 g/mol. The van der Waals surface area contributed by atoms with Crippen molar-refractivity contribution in [2.24, 2.45) is 0 Å². The standard InChI is InChI=1S/C14H14F3N3O/c15-14(16,17)9-3-4-11-12(6-9)19-8-20(13(11)21)7-10-2-1-5-18-10/h3-4,6,8,10,18H,1-2,5,7H2. The number of nitrogens with zero attached hydrogens (tertiary/aromatic N) is 2. The predicted octanol–water partition coefficient (Wildman–Crippen LogP) is 2.17. The van der Waals surface area contributed by atoms with Gasteiger partial charge in [0.2, 0.25) is 0 Å². The van der Waals surface area contributed by atoms with Gasteiger partial charge in [0.15, 0.2) is 0 Å². The summed E-state index contributed by atoms with van der Waals surface area (Å²) in [5.74, 6) is 0. The molecule has 7 heteroatoms. The molecule has 1 aliphatic heterocycles. The van der Waals surface area contributed by atoms with E-state index in [4.69, 9.17) is 0 Å². The number of alkyl halides is 3. The highest BCUT2D eigenvalue weighted by Gasteiger charge is 2.30. The summed E-state index contributed by atoms with van der Waals surface area (Å²) in [5.41, 5.74) is -1.02. The SMILES string of the molecule is O=c1c2ccc(C(F)(F)F)cc2ncn1CC1CCCN1. The molecule has 1 saturated heterocycles. The number of hydrogen-bond donors (Lipinski definition) is 1. The van der Waals surface area contributed by atoms with Crippen LogP contribution in [0.4, 0.5) is 13.2 Å². The minimum atomic E-state index is -4.43. The molecule has 21 heavy (non-hydrogen) atoms. The van der Waals surface area contributed by atoms with Crippen molar-refractivity contribution in [2.45, 2.75) is 31.6 Å². The van der Waals surface area contributed by atoms with Crippen LogP contribution in [0.25, 0.3) is 10.9 Å². The summed E-state index contributed by atoms with van der Waals surface area (Å²) >= 11 is 0. The first kappa shape index (κ1) is 14.1. The zero-order valence-corrected chi connectivity index (χ0v) is 11.2. The van der Waals surface area contributed by atoms with Crippen molar-refractivity contribution in [3.8, 4) is 0 Å². The number of aromatic nitrogens is 2. The lowest BCUT2D eigenvalue weighted by molar-refractivity contribution is -0.137. The third kappa shape index (κ3) is 2.78. The van der Waals surface area contributed by atoms with E-state index < -0.39 is 11.7 Å². The van der Waals surface area contributed by atoms with Crippen LogP contribution in [0, 0.1) is 0 Å². The Hall–Kier alpha value is -1.89. The molecule has 0 saturated carbocycles. The molecule has 112 valence electrons. The Bertz CT molecular complexity index is 717. The second-order valence-corrected chi connectivity index (χ2v) is 5.23. The van der Waals surface area contributed by atoms with E-state index in [1.54, 1.807) is 0 Å². The monoisotopic (exact) mass is 297 g/mol. The maximum absolute atomic E-state index is 12.6. The van der Waals surface area contributed by atoms with Crippen molar-refractivity contribution in [2.75, 3.05) is 6.54 Å². The quantitative estimate of drug-likeness (QED) is 0.924. The largest absolute Gasteiger partial charge is 0.416 e. The molecule has 1 unspecified atom stereocenters. The Morgan fingerprint density at radius 2 is 2.19 bits per heavy atom. The molecule has 1 atom stereocenters. The topological polar surface area (TPSA) is 46.9 Å². The number of hydrogen-bond acceptors (Lipinski definition) is 3. The van der Waals surface area contributed by atoms with Crippen molar-refractivity contribution >= 4 is 10.9 Å². The number of rotatable bonds is 2. The van der Waals surface area contributed by atoms with Gasteiger partial charge in [-0.15, -0.1) is 0 Å². The summed E-state index contributed by atoms with van der Waals surface area (Å²) in [6, 6.07) is 3.25. The number of halogens is 3. The average molecular weight is 297 g/mol. The maximum Gasteiger partial charge on any atom is 0.416 e. The molecule has 1 aliphatic rings. The van der Waals surface area contributed by atoms with Gasteiger partial charge in [-0.1, -0.05) is 0 Å². The Balaban J connectivity index is 1.99. The van der Waals surface area contributed by atoms with Crippen LogP contribution in [0.2, 0.25) is 0 Å². The highest BCUT2D eigenvalue weighted by Crippen LogP contribution is 2.30. The number of nitrogens with one attached hydrogen (secondary N) is 1. The van der Waals surface area contributed by atoms with Gasteiger partial charge in [-0.2, -0.15) is 13.2 Å². The molecule has 2 aromatic rings. The Labute approximate surface area is 118 Å². The second kappa shape index (κ2) is 5.14. The van der Waals surface area contributed by atoms with Gasteiger partial charge < -0.3 is 5.32 Å². The van der Waals surface area contributed by atoms with Crippen LogP contribution in [0.5, 0.6) is 0 Å². The highest BCUT2D eigenvalue weighted by molar-refractivity contribution is 5.78. The van der Waals surface area contributed by atoms with Crippen LogP contribution in [-0.2, 0) is 12.7 Å². The molecule has 0 bridgehead atoms. The molecule has 4 nitrogen and oxygen atoms in total. The van der Waals surface area contributed by atoms with E-state index in [0.717, 1.165) is 31.5 Å². The smallest absolute Gasteiger partial charge is 0.312 e. The van der Waals surface area contributed by atoms with E-state index in [9.17, 15) is 18.0 Å². The van der Waals surface area contributed by atoms with Crippen LogP contribution < -0.4 is 10.9 Å². The molecule has 2 heterocycles. The van der Waals surface area contributed by atoms with Gasteiger partial charge >= 0.3 is 6.18 Å². The molecule has 1 aromatic heterocycles. The lowest BCUT2D eigenvalue weighted by Crippen LogP contribution is -2.32. The van der Waals surface area contributed by atoms with E-state index in [1.807, 2.05) is 0 Å². The van der Waals surface area contributed by atoms with Gasteiger partial charge in [-0.05, 0) is 37.6 Å². The predicted molar refractivity (Wildman–Crippen MR) is 72.0 cm³/mol. The van der Waals surface area contributed by atoms with Gasteiger partial charge in [0, 0.05) is 12.6 Å². The molecule has 1 N–H and O–H groups in total. The first-order chi connectivity index (χ1) is 9.95. The third-order valence-corrected chi connectivity index (χ3v) is 3.73. The number of fused-ring (bicyclic) bond motifs is 1. The first-order valence-corrected chi connectivity index (χ1v) is 6.75. The van der Waals surface area contributed by atoms with Crippen LogP contribution in [-0.4, -0.2) is 22.1 Å². The van der Waals surface area contributed by atoms with Gasteiger partial charge in [0.25, 0.3) is 5.56 Å². The van der Waals surface area contributed by atoms with Crippen LogP contribution in [0.1, 0.15) is 18.4 Å². The Kier molecular flexibility index (Phi) is 3.44. The van der Waals surface area contributed by atoms with Crippen molar-refractivity contribution in [1.82, 2.24) is 14.9 Å². The van der Waals surface area contributed by atoms with E-state index in [2.05, 4.69) is 10.3 Å². The third-order valence-electron chi connectivity index (χ3n) is 3.73. The Morgan fingerprint density at radius 1 is 1.38 bits per heavy atom. The fourth-order valence-corrected chi connectivity index (χ4v) is 2.61. The molecule has 3 rings (SSSR count). The normalized spacial score (nSPS) is 19.3. The highest BCUT2D eigenvalue weighted by atomic mass is 19.4. The summed E-state index contributed by atoms with van der Waals surface area (Å²) in [7, 11) is 0. The zero-order chi connectivity index (χ0) is 15.0.